The largest absolute Gasteiger partial charge is 0.391 e. The molecule has 0 atom stereocenters. The van der Waals surface area contributed by atoms with Gasteiger partial charge in [-0.05, 0) is 37.8 Å². The monoisotopic (exact) mass is 308 g/mol. The molecule has 1 aliphatic rings. The lowest BCUT2D eigenvalue weighted by atomic mass is 9.81. The minimum atomic E-state index is -4.24. The van der Waals surface area contributed by atoms with Crippen LogP contribution in [0, 0.1) is 23.7 Å². The first-order valence-electron chi connectivity index (χ1n) is 6.47. The topological polar surface area (TPSA) is 42.0 Å². The summed E-state index contributed by atoms with van der Waals surface area (Å²) in [5.74, 6) is -4.73. The summed E-state index contributed by atoms with van der Waals surface area (Å²) in [5.41, 5.74) is -0.278. The van der Waals surface area contributed by atoms with Gasteiger partial charge in [-0.2, -0.15) is 26.9 Å². The molecule has 0 unspecified atom stereocenters. The second-order valence-corrected chi connectivity index (χ2v) is 5.05. The molecule has 1 amide bonds. The van der Waals surface area contributed by atoms with Gasteiger partial charge in [0.05, 0.1) is 11.6 Å². The average molecular weight is 308 g/mol. The quantitative estimate of drug-likeness (QED) is 0.669. The maximum atomic E-state index is 13.3. The third-order valence-corrected chi connectivity index (χ3v) is 3.63. The van der Waals surface area contributed by atoms with Gasteiger partial charge in [-0.25, -0.2) is 0 Å². The number of halogens is 5. The maximum absolute atomic E-state index is 13.3. The number of rotatable bonds is 2. The van der Waals surface area contributed by atoms with E-state index in [1.807, 2.05) is 0 Å². The fourth-order valence-corrected chi connectivity index (χ4v) is 2.42. The zero-order valence-corrected chi connectivity index (χ0v) is 10.9. The van der Waals surface area contributed by atoms with E-state index in [1.54, 1.807) is 0 Å². The van der Waals surface area contributed by atoms with Crippen LogP contribution in [0.1, 0.15) is 25.7 Å². The van der Waals surface area contributed by atoms with Crippen molar-refractivity contribution in [2.24, 2.45) is 11.8 Å². The highest BCUT2D eigenvalue weighted by Crippen LogP contribution is 2.39. The summed E-state index contributed by atoms with van der Waals surface area (Å²) in [7, 11) is 0. The van der Waals surface area contributed by atoms with Crippen LogP contribution in [0.25, 0.3) is 0 Å². The van der Waals surface area contributed by atoms with E-state index in [-0.39, 0.29) is 31.4 Å². The minimum absolute atomic E-state index is 0.0895. The van der Waals surface area contributed by atoms with Crippen LogP contribution in [0.5, 0.6) is 0 Å². The molecule has 116 valence electrons. The lowest BCUT2D eigenvalue weighted by molar-refractivity contribution is -0.184. The summed E-state index contributed by atoms with van der Waals surface area (Å²) in [6.45, 7) is 0. The van der Waals surface area contributed by atoms with Crippen LogP contribution in [-0.4, -0.2) is 17.1 Å². The van der Waals surface area contributed by atoms with Crippen molar-refractivity contribution in [1.82, 2.24) is 4.98 Å². The van der Waals surface area contributed by atoms with E-state index in [9.17, 15) is 26.7 Å². The third-order valence-electron chi connectivity index (χ3n) is 3.63. The van der Waals surface area contributed by atoms with Crippen molar-refractivity contribution < 1.29 is 26.7 Å². The van der Waals surface area contributed by atoms with Gasteiger partial charge in [-0.1, -0.05) is 0 Å². The molecule has 1 aromatic heterocycles. The molecule has 0 saturated heterocycles. The van der Waals surface area contributed by atoms with Gasteiger partial charge in [-0.15, -0.1) is 0 Å². The van der Waals surface area contributed by atoms with Crippen LogP contribution in [0.15, 0.2) is 12.1 Å². The molecule has 0 spiro atoms. The van der Waals surface area contributed by atoms with Crippen molar-refractivity contribution in [3.63, 3.8) is 0 Å². The van der Waals surface area contributed by atoms with Crippen LogP contribution < -0.4 is 5.32 Å². The molecule has 2 rings (SSSR count). The lowest BCUT2D eigenvalue weighted by Crippen LogP contribution is -2.32. The van der Waals surface area contributed by atoms with Crippen LogP contribution >= 0.6 is 0 Å². The van der Waals surface area contributed by atoms with Crippen molar-refractivity contribution >= 4 is 11.6 Å². The van der Waals surface area contributed by atoms with Crippen molar-refractivity contribution in [2.45, 2.75) is 31.9 Å². The van der Waals surface area contributed by atoms with Crippen LogP contribution in [0.3, 0.4) is 0 Å². The number of amides is 1. The van der Waals surface area contributed by atoms with Gasteiger partial charge in [0.1, 0.15) is 0 Å². The minimum Gasteiger partial charge on any atom is -0.322 e. The van der Waals surface area contributed by atoms with Gasteiger partial charge in [-0.3, -0.25) is 4.79 Å². The summed E-state index contributed by atoms with van der Waals surface area (Å²) in [6.07, 6.45) is -4.30. The lowest BCUT2D eigenvalue weighted by Gasteiger charge is -2.29. The molecule has 1 fully saturated rings. The Morgan fingerprint density at radius 2 is 1.76 bits per heavy atom. The van der Waals surface area contributed by atoms with Crippen molar-refractivity contribution in [3.05, 3.63) is 24.0 Å². The van der Waals surface area contributed by atoms with Gasteiger partial charge in [0.2, 0.25) is 17.8 Å². The van der Waals surface area contributed by atoms with E-state index in [0.717, 1.165) is 12.1 Å². The third kappa shape index (κ3) is 3.89. The Morgan fingerprint density at radius 1 is 1.14 bits per heavy atom. The number of nitrogens with zero attached hydrogens (tertiary/aromatic N) is 1. The first kappa shape index (κ1) is 15.7. The SMILES string of the molecule is O=C(Nc1ccc(F)nc1F)C1CCC(C(F)(F)F)CC1. The predicted molar refractivity (Wildman–Crippen MR) is 64.3 cm³/mol. The number of nitrogens with one attached hydrogen (secondary N) is 1. The van der Waals surface area contributed by atoms with Gasteiger partial charge in [0.25, 0.3) is 0 Å². The molecule has 1 aromatic rings. The molecule has 0 aromatic carbocycles. The standard InChI is InChI=1S/C13H13F5N2O/c14-10-6-5-9(11(15)20-10)19-12(21)7-1-3-8(4-2-7)13(16,17)18/h5-8H,1-4H2,(H,19,21). The first-order valence-corrected chi connectivity index (χ1v) is 6.47. The Bertz CT molecular complexity index is 524. The molecule has 0 aliphatic heterocycles. The molecule has 1 heterocycles. The number of carbonyl (C=O) groups is 1. The maximum Gasteiger partial charge on any atom is 0.391 e. The Balaban J connectivity index is 1.93. The van der Waals surface area contributed by atoms with Gasteiger partial charge in [0, 0.05) is 5.92 Å². The van der Waals surface area contributed by atoms with E-state index in [0.29, 0.717) is 0 Å². The van der Waals surface area contributed by atoms with E-state index in [4.69, 9.17) is 0 Å². The summed E-state index contributed by atoms with van der Waals surface area (Å²) in [6, 6.07) is 1.91. The zero-order valence-electron chi connectivity index (χ0n) is 10.9. The van der Waals surface area contributed by atoms with Gasteiger partial charge >= 0.3 is 6.18 Å². The molecule has 8 heteroatoms. The Hall–Kier alpha value is -1.73. The normalized spacial score (nSPS) is 22.9. The van der Waals surface area contributed by atoms with E-state index in [2.05, 4.69) is 10.3 Å². The van der Waals surface area contributed by atoms with Crippen LogP contribution in [0.2, 0.25) is 0 Å². The molecule has 21 heavy (non-hydrogen) atoms. The summed E-state index contributed by atoms with van der Waals surface area (Å²) in [5, 5.41) is 2.24. The summed E-state index contributed by atoms with van der Waals surface area (Å²) < 4.78 is 63.4. The van der Waals surface area contributed by atoms with Crippen LogP contribution in [0.4, 0.5) is 27.6 Å². The molecular formula is C13H13F5N2O. The number of aromatic nitrogens is 1. The molecule has 1 N–H and O–H groups in total. The van der Waals surface area contributed by atoms with Gasteiger partial charge in [0.15, 0.2) is 0 Å². The number of hydrogen-bond donors (Lipinski definition) is 1. The highest BCUT2D eigenvalue weighted by Gasteiger charge is 2.42. The smallest absolute Gasteiger partial charge is 0.322 e. The van der Waals surface area contributed by atoms with Crippen molar-refractivity contribution in [2.75, 3.05) is 5.32 Å². The number of anilines is 1. The average Bonchev–Trinajstić information content (AvgIpc) is 2.41. The number of hydrogen-bond acceptors (Lipinski definition) is 2. The zero-order chi connectivity index (χ0) is 15.6. The summed E-state index contributed by atoms with van der Waals surface area (Å²) >= 11 is 0. The highest BCUT2D eigenvalue weighted by atomic mass is 19.4. The van der Waals surface area contributed by atoms with Crippen molar-refractivity contribution in [3.8, 4) is 0 Å². The molecule has 1 aliphatic carbocycles. The predicted octanol–water partition coefficient (Wildman–Crippen LogP) is 3.67. The van der Waals surface area contributed by atoms with E-state index < -0.39 is 35.8 Å². The summed E-state index contributed by atoms with van der Waals surface area (Å²) in [4.78, 5) is 14.8. The molecular weight excluding hydrogens is 295 g/mol. The fourth-order valence-electron chi connectivity index (χ4n) is 2.42. The Kier molecular flexibility index (Phi) is 4.43. The molecule has 3 nitrogen and oxygen atoms in total. The Morgan fingerprint density at radius 3 is 2.29 bits per heavy atom. The second-order valence-electron chi connectivity index (χ2n) is 5.05. The number of pyridine rings is 1. The molecule has 0 bridgehead atoms. The number of alkyl halides is 3. The van der Waals surface area contributed by atoms with Gasteiger partial charge < -0.3 is 5.32 Å². The first-order chi connectivity index (χ1) is 9.77. The van der Waals surface area contributed by atoms with E-state index in [1.165, 1.54) is 0 Å². The second kappa shape index (κ2) is 5.95. The molecule has 1 saturated carbocycles. The van der Waals surface area contributed by atoms with Crippen LogP contribution in [-0.2, 0) is 4.79 Å². The highest BCUT2D eigenvalue weighted by molar-refractivity contribution is 5.92. The number of carbonyl (C=O) groups excluding carboxylic acids is 1. The molecule has 0 radical (unpaired) electrons. The fraction of sp³-hybridized carbons (Fsp3) is 0.538. The van der Waals surface area contributed by atoms with E-state index >= 15 is 0 Å². The Labute approximate surface area is 117 Å². The van der Waals surface area contributed by atoms with Crippen molar-refractivity contribution in [1.29, 1.82) is 0 Å².